The molecule has 0 aliphatic heterocycles. The number of aromatic nitrogens is 2. The van der Waals surface area contributed by atoms with Crippen molar-refractivity contribution in [2.24, 2.45) is 0 Å². The van der Waals surface area contributed by atoms with Crippen LogP contribution in [0, 0.1) is 19.3 Å². The van der Waals surface area contributed by atoms with Gasteiger partial charge in [0.05, 0.1) is 36.8 Å². The van der Waals surface area contributed by atoms with Crippen molar-refractivity contribution in [1.82, 2.24) is 14.7 Å². The van der Waals surface area contributed by atoms with Gasteiger partial charge in [-0.2, -0.15) is 5.10 Å². The van der Waals surface area contributed by atoms with Gasteiger partial charge in [0.15, 0.2) is 11.5 Å². The predicted molar refractivity (Wildman–Crippen MR) is 133 cm³/mol. The van der Waals surface area contributed by atoms with Crippen LogP contribution in [0.15, 0.2) is 54.6 Å². The molecule has 0 radical (unpaired) electrons. The third kappa shape index (κ3) is 6.39. The summed E-state index contributed by atoms with van der Waals surface area (Å²) in [4.78, 5) is 2.17. The van der Waals surface area contributed by atoms with Gasteiger partial charge in [-0.25, -0.2) is 4.68 Å². The molecule has 0 bridgehead atoms. The molecule has 1 atom stereocenters. The SMILES string of the molecule is C#CCOC[C@@H](O)CN(Cc1c(C)nn(-c2ccccc2)c1Oc1ccccc1OC)C(C)C. The lowest BCUT2D eigenvalue weighted by molar-refractivity contribution is 0.0190. The van der Waals surface area contributed by atoms with Crippen LogP contribution in [0.4, 0.5) is 0 Å². The number of aliphatic hydroxyl groups is 1. The summed E-state index contributed by atoms with van der Waals surface area (Å²) in [5.74, 6) is 4.26. The standard InChI is InChI=1S/C27H33N3O4/c1-6-16-33-19-23(31)17-29(20(2)3)18-24-21(4)28-30(22-12-8-7-9-13-22)27(24)34-26-15-11-10-14-25(26)32-5/h1,7-15,20,23,31H,16-19H2,2-5H3/t23-/m0/s1. The maximum Gasteiger partial charge on any atom is 0.227 e. The molecular formula is C27H33N3O4. The van der Waals surface area contributed by atoms with Gasteiger partial charge in [0, 0.05) is 19.1 Å². The first-order valence-electron chi connectivity index (χ1n) is 11.3. The minimum absolute atomic E-state index is 0.167. The number of benzene rings is 2. The van der Waals surface area contributed by atoms with Crippen molar-refractivity contribution in [3.63, 3.8) is 0 Å². The van der Waals surface area contributed by atoms with Crippen molar-refractivity contribution >= 4 is 0 Å². The first-order chi connectivity index (χ1) is 16.4. The van der Waals surface area contributed by atoms with Crippen LogP contribution >= 0.6 is 0 Å². The van der Waals surface area contributed by atoms with E-state index in [0.717, 1.165) is 16.9 Å². The van der Waals surface area contributed by atoms with Gasteiger partial charge in [0.25, 0.3) is 0 Å². The summed E-state index contributed by atoms with van der Waals surface area (Å²) in [6.45, 7) is 7.46. The Hall–Kier alpha value is -3.31. The number of nitrogens with zero attached hydrogens (tertiary/aromatic N) is 3. The highest BCUT2D eigenvalue weighted by Crippen LogP contribution is 2.36. The van der Waals surface area contributed by atoms with Crippen LogP contribution in [0.2, 0.25) is 0 Å². The van der Waals surface area contributed by atoms with Gasteiger partial charge in [-0.3, -0.25) is 4.90 Å². The Morgan fingerprint density at radius 2 is 1.76 bits per heavy atom. The first-order valence-corrected chi connectivity index (χ1v) is 11.3. The quantitative estimate of drug-likeness (QED) is 0.321. The van der Waals surface area contributed by atoms with Crippen molar-refractivity contribution in [2.75, 3.05) is 26.9 Å². The predicted octanol–water partition coefficient (Wildman–Crippen LogP) is 4.20. The fraction of sp³-hybridized carbons (Fsp3) is 0.370. The second-order valence-corrected chi connectivity index (χ2v) is 8.27. The summed E-state index contributed by atoms with van der Waals surface area (Å²) in [6, 6.07) is 17.6. The Balaban J connectivity index is 1.97. The third-order valence-corrected chi connectivity index (χ3v) is 5.45. The van der Waals surface area contributed by atoms with Gasteiger partial charge in [-0.05, 0) is 45.0 Å². The molecule has 0 fully saturated rings. The first kappa shape index (κ1) is 25.3. The van der Waals surface area contributed by atoms with Crippen LogP contribution in [0.5, 0.6) is 17.4 Å². The molecule has 0 saturated carbocycles. The Kier molecular flexibility index (Phi) is 9.11. The van der Waals surface area contributed by atoms with Crippen LogP contribution in [-0.2, 0) is 11.3 Å². The Morgan fingerprint density at radius 3 is 2.41 bits per heavy atom. The smallest absolute Gasteiger partial charge is 0.227 e. The number of para-hydroxylation sites is 3. The minimum Gasteiger partial charge on any atom is -0.493 e. The van der Waals surface area contributed by atoms with Gasteiger partial charge in [0.2, 0.25) is 5.88 Å². The van der Waals surface area contributed by atoms with Crippen LogP contribution < -0.4 is 9.47 Å². The molecule has 1 heterocycles. The van der Waals surface area contributed by atoms with E-state index in [-0.39, 0.29) is 19.3 Å². The fourth-order valence-electron chi connectivity index (χ4n) is 3.62. The normalized spacial score (nSPS) is 12.1. The number of terminal acetylenes is 1. The molecule has 0 amide bonds. The van der Waals surface area contributed by atoms with Crippen LogP contribution in [0.3, 0.4) is 0 Å². The average Bonchev–Trinajstić information content (AvgIpc) is 3.14. The maximum absolute atomic E-state index is 10.5. The second-order valence-electron chi connectivity index (χ2n) is 8.27. The number of aryl methyl sites for hydroxylation is 1. The minimum atomic E-state index is -0.668. The number of ether oxygens (including phenoxy) is 3. The van der Waals surface area contributed by atoms with E-state index in [1.165, 1.54) is 0 Å². The topological polar surface area (TPSA) is 69.0 Å². The van der Waals surface area contributed by atoms with E-state index in [0.29, 0.717) is 30.5 Å². The number of rotatable bonds is 12. The summed E-state index contributed by atoms with van der Waals surface area (Å²) in [5.41, 5.74) is 2.67. The van der Waals surface area contributed by atoms with E-state index >= 15 is 0 Å². The average molecular weight is 464 g/mol. The molecule has 1 aromatic heterocycles. The Labute approximate surface area is 201 Å². The number of hydrogen-bond acceptors (Lipinski definition) is 6. The summed E-state index contributed by atoms with van der Waals surface area (Å²) in [5, 5.41) is 15.3. The summed E-state index contributed by atoms with van der Waals surface area (Å²) < 4.78 is 19.1. The van der Waals surface area contributed by atoms with E-state index in [4.69, 9.17) is 25.7 Å². The molecule has 7 nitrogen and oxygen atoms in total. The maximum atomic E-state index is 10.5. The van der Waals surface area contributed by atoms with E-state index in [2.05, 4.69) is 24.7 Å². The van der Waals surface area contributed by atoms with Crippen LogP contribution in [-0.4, -0.2) is 58.8 Å². The van der Waals surface area contributed by atoms with Gasteiger partial charge in [-0.15, -0.1) is 6.42 Å². The Bertz CT molecular complexity index is 1090. The van der Waals surface area contributed by atoms with E-state index < -0.39 is 6.10 Å². The molecule has 7 heteroatoms. The van der Waals surface area contributed by atoms with Crippen LogP contribution in [0.1, 0.15) is 25.1 Å². The molecule has 1 N–H and O–H groups in total. The van der Waals surface area contributed by atoms with Gasteiger partial charge in [0.1, 0.15) is 6.61 Å². The molecular weight excluding hydrogens is 430 g/mol. The second kappa shape index (κ2) is 12.2. The molecule has 2 aromatic carbocycles. The molecule has 3 aromatic rings. The van der Waals surface area contributed by atoms with Gasteiger partial charge >= 0.3 is 0 Å². The van der Waals surface area contributed by atoms with Crippen molar-refractivity contribution in [3.05, 3.63) is 65.9 Å². The van der Waals surface area contributed by atoms with Crippen molar-refractivity contribution in [1.29, 1.82) is 0 Å². The zero-order chi connectivity index (χ0) is 24.5. The largest absolute Gasteiger partial charge is 0.493 e. The molecule has 180 valence electrons. The zero-order valence-electron chi connectivity index (χ0n) is 20.3. The number of methoxy groups -OCH3 is 1. The zero-order valence-corrected chi connectivity index (χ0v) is 20.3. The van der Waals surface area contributed by atoms with E-state index in [9.17, 15) is 5.11 Å². The van der Waals surface area contributed by atoms with E-state index in [1.807, 2.05) is 66.2 Å². The summed E-state index contributed by atoms with van der Waals surface area (Å²) in [6.07, 6.45) is 4.57. The highest BCUT2D eigenvalue weighted by atomic mass is 16.5. The lowest BCUT2D eigenvalue weighted by Gasteiger charge is -2.29. The highest BCUT2D eigenvalue weighted by Gasteiger charge is 2.24. The molecule has 34 heavy (non-hydrogen) atoms. The fourth-order valence-corrected chi connectivity index (χ4v) is 3.62. The molecule has 0 spiro atoms. The highest BCUT2D eigenvalue weighted by molar-refractivity contribution is 5.47. The van der Waals surface area contributed by atoms with Crippen LogP contribution in [0.25, 0.3) is 5.69 Å². The summed E-state index contributed by atoms with van der Waals surface area (Å²) >= 11 is 0. The third-order valence-electron chi connectivity index (χ3n) is 5.45. The van der Waals surface area contributed by atoms with Crippen molar-refractivity contribution in [2.45, 2.75) is 39.5 Å². The molecule has 0 unspecified atom stereocenters. The molecule has 0 aliphatic rings. The van der Waals surface area contributed by atoms with Gasteiger partial charge in [-0.1, -0.05) is 36.3 Å². The number of hydrogen-bond donors (Lipinski definition) is 1. The van der Waals surface area contributed by atoms with Crippen molar-refractivity contribution in [3.8, 4) is 35.4 Å². The molecule has 3 rings (SSSR count). The summed E-state index contributed by atoms with van der Waals surface area (Å²) in [7, 11) is 1.62. The molecule has 0 saturated heterocycles. The van der Waals surface area contributed by atoms with Gasteiger partial charge < -0.3 is 19.3 Å². The molecule has 0 aliphatic carbocycles. The van der Waals surface area contributed by atoms with Crippen molar-refractivity contribution < 1.29 is 19.3 Å². The monoisotopic (exact) mass is 463 g/mol. The van der Waals surface area contributed by atoms with E-state index in [1.54, 1.807) is 7.11 Å². The Morgan fingerprint density at radius 1 is 1.09 bits per heavy atom. The number of aliphatic hydroxyl groups excluding tert-OH is 1. The lowest BCUT2D eigenvalue weighted by Crippen LogP contribution is -2.39. The lowest BCUT2D eigenvalue weighted by atomic mass is 10.2.